The van der Waals surface area contributed by atoms with Gasteiger partial charge in [0.05, 0.1) is 16.8 Å². The van der Waals surface area contributed by atoms with Gasteiger partial charge < -0.3 is 5.32 Å². The molecule has 0 spiro atoms. The highest BCUT2D eigenvalue weighted by molar-refractivity contribution is 7.92. The maximum Gasteiger partial charge on any atom is 0.263 e. The van der Waals surface area contributed by atoms with Gasteiger partial charge in [-0.15, -0.1) is 0 Å². The molecule has 1 unspecified atom stereocenters. The molecular weight excluding hydrogens is 480 g/mol. The summed E-state index contributed by atoms with van der Waals surface area (Å²) in [6, 6.07) is 28.4. The molecule has 0 aliphatic carbocycles. The highest BCUT2D eigenvalue weighted by Crippen LogP contribution is 2.28. The van der Waals surface area contributed by atoms with E-state index in [1.807, 2.05) is 67.6 Å². The number of carbonyl (C=O) groups excluding carboxylic acids is 1. The summed E-state index contributed by atoms with van der Waals surface area (Å²) < 4.78 is 28.8. The van der Waals surface area contributed by atoms with Gasteiger partial charge in [-0.05, 0) is 54.8 Å². The van der Waals surface area contributed by atoms with Crippen molar-refractivity contribution >= 4 is 33.2 Å². The number of benzene rings is 4. The smallest absolute Gasteiger partial charge is 0.263 e. The Morgan fingerprint density at radius 3 is 2.11 bits per heavy atom. The third kappa shape index (κ3) is 5.73. The number of nitrogens with one attached hydrogen (secondary N) is 2. The molecule has 4 aromatic carbocycles. The third-order valence-electron chi connectivity index (χ3n) is 5.69. The molecule has 0 aromatic heterocycles. The van der Waals surface area contributed by atoms with Gasteiger partial charge in [-0.2, -0.15) is 0 Å². The standard InChI is InChI=1S/C28H25ClN2O3S/c1-19-12-14-22(15-13-19)27(21-9-4-3-5-10-21)30-28(32)23-16-17-24(29)26(18-23)35(33,34)31-25-11-7-6-8-20(25)2/h3-18,27,31H,1-2H3,(H,30,32). The summed E-state index contributed by atoms with van der Waals surface area (Å²) in [5, 5.41) is 3.07. The molecule has 1 atom stereocenters. The van der Waals surface area contributed by atoms with Crippen LogP contribution in [0.1, 0.15) is 38.7 Å². The van der Waals surface area contributed by atoms with Crippen LogP contribution in [0, 0.1) is 13.8 Å². The minimum absolute atomic E-state index is 0.0285. The Kier molecular flexibility index (Phi) is 7.24. The second-order valence-electron chi connectivity index (χ2n) is 8.29. The minimum Gasteiger partial charge on any atom is -0.341 e. The van der Waals surface area contributed by atoms with E-state index in [1.165, 1.54) is 18.2 Å². The average Bonchev–Trinajstić information content (AvgIpc) is 2.85. The van der Waals surface area contributed by atoms with Gasteiger partial charge in [-0.3, -0.25) is 9.52 Å². The first kappa shape index (κ1) is 24.5. The second kappa shape index (κ2) is 10.3. The van der Waals surface area contributed by atoms with Gasteiger partial charge in [0, 0.05) is 5.56 Å². The van der Waals surface area contributed by atoms with E-state index in [0.717, 1.165) is 22.3 Å². The Bertz CT molecular complexity index is 1450. The van der Waals surface area contributed by atoms with Crippen molar-refractivity contribution in [2.75, 3.05) is 4.72 Å². The summed E-state index contributed by atoms with van der Waals surface area (Å²) in [5.41, 5.74) is 4.34. The molecule has 0 radical (unpaired) electrons. The molecule has 5 nitrogen and oxygen atoms in total. The van der Waals surface area contributed by atoms with Crippen molar-refractivity contribution in [1.29, 1.82) is 0 Å². The molecule has 2 N–H and O–H groups in total. The van der Waals surface area contributed by atoms with Gasteiger partial charge >= 0.3 is 0 Å². The van der Waals surface area contributed by atoms with Crippen LogP contribution in [0.15, 0.2) is 102 Å². The predicted molar refractivity (Wildman–Crippen MR) is 140 cm³/mol. The number of hydrogen-bond acceptors (Lipinski definition) is 3. The minimum atomic E-state index is -4.02. The number of anilines is 1. The van der Waals surface area contributed by atoms with E-state index in [1.54, 1.807) is 25.1 Å². The SMILES string of the molecule is Cc1ccc(C(NC(=O)c2ccc(Cl)c(S(=O)(=O)Nc3ccccc3C)c2)c2ccccc2)cc1. The molecule has 7 heteroatoms. The molecule has 35 heavy (non-hydrogen) atoms. The van der Waals surface area contributed by atoms with Crippen LogP contribution < -0.4 is 10.0 Å². The number of sulfonamides is 1. The number of para-hydroxylation sites is 1. The van der Waals surface area contributed by atoms with Gasteiger partial charge in [0.1, 0.15) is 4.90 Å². The summed E-state index contributed by atoms with van der Waals surface area (Å²) in [6.45, 7) is 3.80. The lowest BCUT2D eigenvalue weighted by molar-refractivity contribution is 0.0942. The summed E-state index contributed by atoms with van der Waals surface area (Å²) in [5.74, 6) is -0.413. The van der Waals surface area contributed by atoms with Crippen LogP contribution in [0.5, 0.6) is 0 Å². The van der Waals surface area contributed by atoms with Gasteiger partial charge in [0.25, 0.3) is 15.9 Å². The Hall–Kier alpha value is -3.61. The highest BCUT2D eigenvalue weighted by Gasteiger charge is 2.23. The van der Waals surface area contributed by atoms with Crippen LogP contribution in [-0.4, -0.2) is 14.3 Å². The molecule has 0 saturated heterocycles. The Morgan fingerprint density at radius 2 is 1.43 bits per heavy atom. The van der Waals surface area contributed by atoms with Gasteiger partial charge in [0.15, 0.2) is 0 Å². The Balaban J connectivity index is 1.65. The fourth-order valence-electron chi connectivity index (χ4n) is 3.72. The van der Waals surface area contributed by atoms with Crippen molar-refractivity contribution in [1.82, 2.24) is 5.32 Å². The molecule has 4 aromatic rings. The molecule has 0 bridgehead atoms. The van der Waals surface area contributed by atoms with E-state index in [9.17, 15) is 13.2 Å². The van der Waals surface area contributed by atoms with Gasteiger partial charge in [-0.1, -0.05) is 90.0 Å². The summed E-state index contributed by atoms with van der Waals surface area (Å²) in [4.78, 5) is 13.1. The largest absolute Gasteiger partial charge is 0.341 e. The summed E-state index contributed by atoms with van der Waals surface area (Å²) in [6.07, 6.45) is 0. The van der Waals surface area contributed by atoms with E-state index in [0.29, 0.717) is 5.69 Å². The molecule has 1 amide bonds. The monoisotopic (exact) mass is 504 g/mol. The molecule has 178 valence electrons. The van der Waals surface area contributed by atoms with Crippen molar-refractivity contribution in [3.63, 3.8) is 0 Å². The van der Waals surface area contributed by atoms with Gasteiger partial charge in [-0.25, -0.2) is 8.42 Å². The number of hydrogen-bond donors (Lipinski definition) is 2. The van der Waals surface area contributed by atoms with Crippen molar-refractivity contribution in [3.8, 4) is 0 Å². The van der Waals surface area contributed by atoms with E-state index in [2.05, 4.69) is 10.0 Å². The van der Waals surface area contributed by atoms with Crippen LogP contribution in [0.25, 0.3) is 0 Å². The number of halogens is 1. The number of amides is 1. The van der Waals surface area contributed by atoms with Gasteiger partial charge in [0.2, 0.25) is 0 Å². The van der Waals surface area contributed by atoms with Crippen LogP contribution in [0.2, 0.25) is 5.02 Å². The Morgan fingerprint density at radius 1 is 0.800 bits per heavy atom. The molecule has 0 aliphatic rings. The number of rotatable bonds is 7. The molecule has 0 aliphatic heterocycles. The first-order valence-electron chi connectivity index (χ1n) is 11.0. The zero-order chi connectivity index (χ0) is 25.0. The zero-order valence-electron chi connectivity index (χ0n) is 19.3. The lowest BCUT2D eigenvalue weighted by atomic mass is 9.97. The number of aryl methyl sites for hydroxylation is 2. The van der Waals surface area contributed by atoms with Crippen LogP contribution in [0.3, 0.4) is 0 Å². The number of carbonyl (C=O) groups is 1. The summed E-state index contributed by atoms with van der Waals surface area (Å²) in [7, 11) is -4.02. The second-order valence-corrected chi connectivity index (χ2v) is 10.4. The van der Waals surface area contributed by atoms with Crippen LogP contribution >= 0.6 is 11.6 Å². The normalized spacial score (nSPS) is 12.1. The van der Waals surface area contributed by atoms with E-state index >= 15 is 0 Å². The first-order valence-corrected chi connectivity index (χ1v) is 12.9. The fourth-order valence-corrected chi connectivity index (χ4v) is 5.37. The molecule has 0 fully saturated rings. The topological polar surface area (TPSA) is 75.3 Å². The Labute approximate surface area is 210 Å². The lowest BCUT2D eigenvalue weighted by Gasteiger charge is -2.20. The average molecular weight is 505 g/mol. The lowest BCUT2D eigenvalue weighted by Crippen LogP contribution is -2.29. The quantitative estimate of drug-likeness (QED) is 0.311. The van der Waals surface area contributed by atoms with Crippen molar-refractivity contribution in [2.45, 2.75) is 24.8 Å². The molecule has 0 heterocycles. The van der Waals surface area contributed by atoms with Crippen molar-refractivity contribution in [3.05, 3.63) is 130 Å². The van der Waals surface area contributed by atoms with Crippen molar-refractivity contribution in [2.24, 2.45) is 0 Å². The third-order valence-corrected chi connectivity index (χ3v) is 7.54. The van der Waals surface area contributed by atoms with Crippen molar-refractivity contribution < 1.29 is 13.2 Å². The van der Waals surface area contributed by atoms with Crippen LogP contribution in [-0.2, 0) is 10.0 Å². The highest BCUT2D eigenvalue weighted by atomic mass is 35.5. The van der Waals surface area contributed by atoms with E-state index in [4.69, 9.17) is 11.6 Å². The molecular formula is C28H25ClN2O3S. The molecule has 4 rings (SSSR count). The predicted octanol–water partition coefficient (Wildman–Crippen LogP) is 6.28. The molecule has 0 saturated carbocycles. The van der Waals surface area contributed by atoms with Crippen LogP contribution in [0.4, 0.5) is 5.69 Å². The summed E-state index contributed by atoms with van der Waals surface area (Å²) >= 11 is 6.25. The maximum atomic E-state index is 13.3. The fraction of sp³-hybridized carbons (Fsp3) is 0.107. The van der Waals surface area contributed by atoms with E-state index in [-0.39, 0.29) is 15.5 Å². The zero-order valence-corrected chi connectivity index (χ0v) is 20.9. The first-order chi connectivity index (χ1) is 16.7. The maximum absolute atomic E-state index is 13.3. The van der Waals surface area contributed by atoms with E-state index < -0.39 is 22.0 Å².